The monoisotopic (exact) mass is 299 g/mol. The Morgan fingerprint density at radius 1 is 1.19 bits per heavy atom. The minimum absolute atomic E-state index is 0.0760. The van der Waals surface area contributed by atoms with Crippen molar-refractivity contribution in [3.8, 4) is 0 Å². The van der Waals surface area contributed by atoms with Crippen molar-refractivity contribution < 1.29 is 14.9 Å². The van der Waals surface area contributed by atoms with Crippen LogP contribution in [0.2, 0.25) is 0 Å². The van der Waals surface area contributed by atoms with Crippen LogP contribution in [0.1, 0.15) is 47.0 Å². The lowest BCUT2D eigenvalue weighted by molar-refractivity contribution is -0.105. The van der Waals surface area contributed by atoms with Crippen LogP contribution in [0.5, 0.6) is 0 Å². The van der Waals surface area contributed by atoms with Gasteiger partial charge in [0.05, 0.1) is 24.9 Å². The van der Waals surface area contributed by atoms with Crippen LogP contribution in [-0.4, -0.2) is 59.7 Å². The number of nitrogens with zero attached hydrogens (tertiary/aromatic N) is 1. The third kappa shape index (κ3) is 4.65. The number of hydrogen-bond donors (Lipinski definition) is 2. The van der Waals surface area contributed by atoms with Gasteiger partial charge in [-0.25, -0.2) is 0 Å². The van der Waals surface area contributed by atoms with Gasteiger partial charge in [-0.05, 0) is 43.4 Å². The average molecular weight is 299 g/mol. The third-order valence-electron chi connectivity index (χ3n) is 5.27. The van der Waals surface area contributed by atoms with E-state index in [4.69, 9.17) is 4.74 Å². The summed E-state index contributed by atoms with van der Waals surface area (Å²) >= 11 is 0. The maximum Gasteiger partial charge on any atom is 0.0936 e. The standard InChI is InChI=1S/C17H33NO3/c1-12-8-18(10-15(11-19)21-12)9-13-7-14(17(2,3)4)5-6-16(13)20/h12-16,19-20H,5-11H2,1-4H3. The summed E-state index contributed by atoms with van der Waals surface area (Å²) in [7, 11) is 0. The van der Waals surface area contributed by atoms with Crippen molar-refractivity contribution in [3.05, 3.63) is 0 Å². The highest BCUT2D eigenvalue weighted by Gasteiger charge is 2.37. The first kappa shape index (κ1) is 17.2. The summed E-state index contributed by atoms with van der Waals surface area (Å²) in [6.45, 7) is 11.7. The van der Waals surface area contributed by atoms with Gasteiger partial charge in [0.15, 0.2) is 0 Å². The largest absolute Gasteiger partial charge is 0.394 e. The summed E-state index contributed by atoms with van der Waals surface area (Å²) in [5, 5.41) is 19.7. The van der Waals surface area contributed by atoms with E-state index in [1.165, 1.54) is 0 Å². The average Bonchev–Trinajstić information content (AvgIpc) is 2.39. The Kier molecular flexibility index (Phi) is 5.69. The molecule has 2 N–H and O–H groups in total. The number of hydrogen-bond acceptors (Lipinski definition) is 4. The van der Waals surface area contributed by atoms with Crippen molar-refractivity contribution in [2.24, 2.45) is 17.3 Å². The van der Waals surface area contributed by atoms with Gasteiger partial charge in [0.1, 0.15) is 0 Å². The van der Waals surface area contributed by atoms with Crippen molar-refractivity contribution in [1.82, 2.24) is 4.90 Å². The predicted molar refractivity (Wildman–Crippen MR) is 84.2 cm³/mol. The summed E-state index contributed by atoms with van der Waals surface area (Å²) in [5.74, 6) is 1.05. The fourth-order valence-corrected chi connectivity index (χ4v) is 3.95. The van der Waals surface area contributed by atoms with Gasteiger partial charge < -0.3 is 14.9 Å². The molecule has 0 aromatic rings. The van der Waals surface area contributed by atoms with E-state index in [0.29, 0.717) is 17.3 Å². The molecule has 2 fully saturated rings. The van der Waals surface area contributed by atoms with Crippen LogP contribution < -0.4 is 0 Å². The highest BCUT2D eigenvalue weighted by molar-refractivity contribution is 4.88. The van der Waals surface area contributed by atoms with Crippen LogP contribution in [-0.2, 0) is 4.74 Å². The molecule has 0 bridgehead atoms. The Bertz CT molecular complexity index is 328. The zero-order valence-corrected chi connectivity index (χ0v) is 14.1. The number of aliphatic hydroxyl groups excluding tert-OH is 2. The quantitative estimate of drug-likeness (QED) is 0.835. The number of rotatable bonds is 3. The topological polar surface area (TPSA) is 52.9 Å². The van der Waals surface area contributed by atoms with Crippen molar-refractivity contribution in [2.75, 3.05) is 26.2 Å². The molecule has 5 unspecified atom stereocenters. The molecule has 1 saturated heterocycles. The van der Waals surface area contributed by atoms with Gasteiger partial charge in [0.25, 0.3) is 0 Å². The lowest BCUT2D eigenvalue weighted by Crippen LogP contribution is -2.51. The normalized spacial score (nSPS) is 39.4. The number of morpholine rings is 1. The molecule has 1 saturated carbocycles. The minimum Gasteiger partial charge on any atom is -0.394 e. The van der Waals surface area contributed by atoms with E-state index in [0.717, 1.165) is 38.9 Å². The van der Waals surface area contributed by atoms with Crippen LogP contribution in [0.3, 0.4) is 0 Å². The lowest BCUT2D eigenvalue weighted by atomic mass is 9.68. The Hall–Kier alpha value is -0.160. The molecule has 0 aromatic carbocycles. The SMILES string of the molecule is CC1CN(CC2CC(C(C)(C)C)CCC2O)CC(CO)O1. The molecule has 2 rings (SSSR count). The lowest BCUT2D eigenvalue weighted by Gasteiger charge is -2.43. The molecule has 124 valence electrons. The zero-order chi connectivity index (χ0) is 15.6. The Morgan fingerprint density at radius 2 is 1.90 bits per heavy atom. The highest BCUT2D eigenvalue weighted by Crippen LogP contribution is 2.40. The molecule has 1 heterocycles. The molecule has 21 heavy (non-hydrogen) atoms. The Morgan fingerprint density at radius 3 is 2.52 bits per heavy atom. The smallest absolute Gasteiger partial charge is 0.0936 e. The molecule has 0 spiro atoms. The molecule has 4 heteroatoms. The first-order chi connectivity index (χ1) is 9.79. The third-order valence-corrected chi connectivity index (χ3v) is 5.27. The second kappa shape index (κ2) is 6.95. The molecule has 1 aliphatic carbocycles. The zero-order valence-electron chi connectivity index (χ0n) is 14.1. The van der Waals surface area contributed by atoms with Gasteiger partial charge in [-0.15, -0.1) is 0 Å². The molecule has 5 atom stereocenters. The summed E-state index contributed by atoms with van der Waals surface area (Å²) in [5.41, 5.74) is 0.324. The van der Waals surface area contributed by atoms with Crippen LogP contribution in [0.4, 0.5) is 0 Å². The number of aliphatic hydroxyl groups is 2. The molecule has 0 radical (unpaired) electrons. The molecule has 0 aromatic heterocycles. The van der Waals surface area contributed by atoms with Crippen molar-refractivity contribution in [3.63, 3.8) is 0 Å². The Balaban J connectivity index is 1.93. The molecular weight excluding hydrogens is 266 g/mol. The van der Waals surface area contributed by atoms with E-state index in [1.807, 2.05) is 0 Å². The summed E-state index contributed by atoms with van der Waals surface area (Å²) < 4.78 is 5.70. The summed E-state index contributed by atoms with van der Waals surface area (Å²) in [4.78, 5) is 2.37. The second-order valence-electron chi connectivity index (χ2n) is 8.17. The van der Waals surface area contributed by atoms with Crippen molar-refractivity contribution in [2.45, 2.75) is 65.3 Å². The number of ether oxygens (including phenoxy) is 1. The van der Waals surface area contributed by atoms with Gasteiger partial charge in [-0.2, -0.15) is 0 Å². The van der Waals surface area contributed by atoms with Crippen molar-refractivity contribution >= 4 is 0 Å². The minimum atomic E-state index is -0.172. The molecular formula is C17H33NO3. The highest BCUT2D eigenvalue weighted by atomic mass is 16.5. The van der Waals surface area contributed by atoms with E-state index in [2.05, 4.69) is 32.6 Å². The summed E-state index contributed by atoms with van der Waals surface area (Å²) in [6.07, 6.45) is 3.09. The molecule has 4 nitrogen and oxygen atoms in total. The van der Waals surface area contributed by atoms with Crippen LogP contribution in [0, 0.1) is 17.3 Å². The van der Waals surface area contributed by atoms with Crippen LogP contribution >= 0.6 is 0 Å². The first-order valence-electron chi connectivity index (χ1n) is 8.46. The fourth-order valence-electron chi connectivity index (χ4n) is 3.95. The van der Waals surface area contributed by atoms with Gasteiger partial charge in [-0.1, -0.05) is 20.8 Å². The second-order valence-corrected chi connectivity index (χ2v) is 8.17. The predicted octanol–water partition coefficient (Wildman–Crippen LogP) is 1.89. The van der Waals surface area contributed by atoms with E-state index >= 15 is 0 Å². The fraction of sp³-hybridized carbons (Fsp3) is 1.00. The van der Waals surface area contributed by atoms with E-state index in [1.54, 1.807) is 0 Å². The molecule has 0 amide bonds. The van der Waals surface area contributed by atoms with Crippen LogP contribution in [0.15, 0.2) is 0 Å². The summed E-state index contributed by atoms with van der Waals surface area (Å²) in [6, 6.07) is 0. The van der Waals surface area contributed by atoms with Gasteiger partial charge in [0.2, 0.25) is 0 Å². The van der Waals surface area contributed by atoms with Crippen LogP contribution in [0.25, 0.3) is 0 Å². The van der Waals surface area contributed by atoms with Gasteiger partial charge >= 0.3 is 0 Å². The van der Waals surface area contributed by atoms with Gasteiger partial charge in [0, 0.05) is 19.6 Å². The first-order valence-corrected chi connectivity index (χ1v) is 8.46. The van der Waals surface area contributed by atoms with Gasteiger partial charge in [-0.3, -0.25) is 4.90 Å². The maximum atomic E-state index is 10.4. The maximum absolute atomic E-state index is 10.4. The van der Waals surface area contributed by atoms with Crippen molar-refractivity contribution in [1.29, 1.82) is 0 Å². The van der Waals surface area contributed by atoms with E-state index < -0.39 is 0 Å². The van der Waals surface area contributed by atoms with E-state index in [9.17, 15) is 10.2 Å². The molecule has 1 aliphatic heterocycles. The van der Waals surface area contributed by atoms with E-state index in [-0.39, 0.29) is 24.9 Å². The molecule has 2 aliphatic rings. The Labute approximate surface area is 129 Å².